The van der Waals surface area contributed by atoms with Crippen LogP contribution in [0, 0.1) is 11.7 Å². The van der Waals surface area contributed by atoms with Gasteiger partial charge < -0.3 is 14.7 Å². The number of carboxylic acid groups (broad SMARTS) is 1. The van der Waals surface area contributed by atoms with E-state index in [1.54, 1.807) is 0 Å². The van der Waals surface area contributed by atoms with Crippen molar-refractivity contribution in [1.29, 1.82) is 0 Å². The molecule has 0 aromatic heterocycles. The van der Waals surface area contributed by atoms with Crippen molar-refractivity contribution in [2.24, 2.45) is 5.92 Å². The fourth-order valence-corrected chi connectivity index (χ4v) is 4.15. The Labute approximate surface area is 171 Å². The summed E-state index contributed by atoms with van der Waals surface area (Å²) in [6.45, 7) is 4.26. The Morgan fingerprint density at radius 1 is 1.10 bits per heavy atom. The van der Waals surface area contributed by atoms with E-state index in [0.29, 0.717) is 5.91 Å². The number of nitrogens with zero attached hydrogens (tertiary/aromatic N) is 2. The summed E-state index contributed by atoms with van der Waals surface area (Å²) >= 11 is 0. The molecule has 0 aliphatic carbocycles. The predicted octanol–water partition coefficient (Wildman–Crippen LogP) is 2.67. The second-order valence-electron chi connectivity index (χ2n) is 7.79. The Kier molecular flexibility index (Phi) is 6.97. The van der Waals surface area contributed by atoms with Gasteiger partial charge in [0.25, 0.3) is 0 Å². The van der Waals surface area contributed by atoms with Crippen molar-refractivity contribution in [3.63, 3.8) is 0 Å². The van der Waals surface area contributed by atoms with Gasteiger partial charge in [-0.25, -0.2) is 9.18 Å². The molecule has 6 nitrogen and oxygen atoms in total. The fraction of sp³-hybridized carbons (Fsp3) is 0.600. The molecule has 1 aromatic carbocycles. The molecule has 3 fully saturated rings. The zero-order valence-corrected chi connectivity index (χ0v) is 16.3. The monoisotopic (exact) mass is 432 g/mol. The fourth-order valence-electron chi connectivity index (χ4n) is 4.15. The molecule has 1 aromatic rings. The lowest BCUT2D eigenvalue weighted by molar-refractivity contribution is -0.192. The van der Waals surface area contributed by atoms with Gasteiger partial charge in [-0.1, -0.05) is 12.1 Å². The number of morpholine rings is 1. The first-order valence-corrected chi connectivity index (χ1v) is 9.84. The van der Waals surface area contributed by atoms with Crippen LogP contribution in [0.4, 0.5) is 17.6 Å². The molecule has 0 saturated carbocycles. The number of alkyl halides is 3. The van der Waals surface area contributed by atoms with Crippen molar-refractivity contribution in [1.82, 2.24) is 9.80 Å². The molecule has 3 aliphatic heterocycles. The van der Waals surface area contributed by atoms with E-state index in [2.05, 4.69) is 4.90 Å². The molecule has 3 aliphatic rings. The molecule has 0 radical (unpaired) electrons. The first-order valence-electron chi connectivity index (χ1n) is 9.84. The molecule has 3 atom stereocenters. The van der Waals surface area contributed by atoms with Gasteiger partial charge in [-0.2, -0.15) is 13.2 Å². The van der Waals surface area contributed by atoms with Crippen LogP contribution in [0.5, 0.6) is 0 Å². The SMILES string of the molecule is O=C(O)C(F)(F)F.O=C([C@H]1C[C@@H]2CN(Cc3ccc(F)cc3)C[C@H]1O2)N1CCCC1. The summed E-state index contributed by atoms with van der Waals surface area (Å²) in [6.07, 6.45) is -1.80. The van der Waals surface area contributed by atoms with Crippen LogP contribution < -0.4 is 0 Å². The molecule has 10 heteroatoms. The molecule has 4 rings (SSSR count). The summed E-state index contributed by atoms with van der Waals surface area (Å²) in [5.74, 6) is -2.64. The number of carboxylic acids is 1. The molecule has 1 N–H and O–H groups in total. The number of likely N-dealkylation sites (tertiary alicyclic amines) is 2. The molecule has 30 heavy (non-hydrogen) atoms. The van der Waals surface area contributed by atoms with Crippen molar-refractivity contribution in [2.75, 3.05) is 26.2 Å². The van der Waals surface area contributed by atoms with E-state index in [9.17, 15) is 22.4 Å². The lowest BCUT2D eigenvalue weighted by Crippen LogP contribution is -2.45. The van der Waals surface area contributed by atoms with Crippen molar-refractivity contribution in [3.8, 4) is 0 Å². The van der Waals surface area contributed by atoms with Gasteiger partial charge in [-0.3, -0.25) is 9.69 Å². The van der Waals surface area contributed by atoms with Gasteiger partial charge in [0.05, 0.1) is 18.1 Å². The maximum absolute atomic E-state index is 13.0. The summed E-state index contributed by atoms with van der Waals surface area (Å²) in [5.41, 5.74) is 1.11. The van der Waals surface area contributed by atoms with Crippen molar-refractivity contribution in [2.45, 2.75) is 44.2 Å². The number of rotatable bonds is 3. The maximum atomic E-state index is 13.0. The standard InChI is InChI=1S/C18H23FN2O2.C2HF3O2/c19-14-5-3-13(4-6-14)10-20-11-15-9-16(17(12-20)23-15)18(22)21-7-1-2-8-21;3-2(4,5)1(6)7/h3-6,15-17H,1-2,7-12H2;(H,6,7)/t15-,16+,17-;/m1./s1. The predicted molar refractivity (Wildman–Crippen MR) is 97.9 cm³/mol. The number of carbonyl (C=O) groups is 2. The second-order valence-corrected chi connectivity index (χ2v) is 7.79. The minimum Gasteiger partial charge on any atom is -0.475 e. The number of fused-ring (bicyclic) bond motifs is 2. The Bertz CT molecular complexity index is 750. The van der Waals surface area contributed by atoms with E-state index in [1.165, 1.54) is 12.1 Å². The molecule has 0 unspecified atom stereocenters. The van der Waals surface area contributed by atoms with E-state index in [4.69, 9.17) is 14.6 Å². The second kappa shape index (κ2) is 9.30. The number of carbonyl (C=O) groups excluding carboxylic acids is 1. The molecule has 2 bridgehead atoms. The Morgan fingerprint density at radius 2 is 1.70 bits per heavy atom. The van der Waals surface area contributed by atoms with Crippen LogP contribution in [0.1, 0.15) is 24.8 Å². The smallest absolute Gasteiger partial charge is 0.475 e. The third-order valence-corrected chi connectivity index (χ3v) is 5.53. The van der Waals surface area contributed by atoms with Gasteiger partial charge >= 0.3 is 12.1 Å². The van der Waals surface area contributed by atoms with E-state index in [-0.39, 0.29) is 23.9 Å². The van der Waals surface area contributed by atoms with Crippen molar-refractivity contribution in [3.05, 3.63) is 35.6 Å². The highest BCUT2D eigenvalue weighted by atomic mass is 19.4. The average molecular weight is 432 g/mol. The van der Waals surface area contributed by atoms with Crippen molar-refractivity contribution >= 4 is 11.9 Å². The Balaban J connectivity index is 0.000000318. The highest BCUT2D eigenvalue weighted by Gasteiger charge is 2.46. The van der Waals surface area contributed by atoms with Crippen molar-refractivity contribution < 1.29 is 37.0 Å². The van der Waals surface area contributed by atoms with Crippen LogP contribution in [0.25, 0.3) is 0 Å². The average Bonchev–Trinajstić information content (AvgIpc) is 3.31. The van der Waals surface area contributed by atoms with Gasteiger partial charge in [-0.15, -0.1) is 0 Å². The highest BCUT2D eigenvalue weighted by Crippen LogP contribution is 2.34. The molecule has 166 valence electrons. The molecular formula is C20H24F4N2O4. The van der Waals surface area contributed by atoms with Crippen LogP contribution in [-0.2, 0) is 20.9 Å². The first-order chi connectivity index (χ1) is 14.1. The lowest BCUT2D eigenvalue weighted by Gasteiger charge is -2.33. The van der Waals surface area contributed by atoms with Crippen LogP contribution in [0.3, 0.4) is 0 Å². The number of halogens is 4. The van der Waals surface area contributed by atoms with E-state index < -0.39 is 12.1 Å². The number of aliphatic carboxylic acids is 1. The zero-order chi connectivity index (χ0) is 21.9. The summed E-state index contributed by atoms with van der Waals surface area (Å²) in [6, 6.07) is 6.67. The number of hydrogen-bond acceptors (Lipinski definition) is 4. The van der Waals surface area contributed by atoms with Gasteiger partial charge in [-0.05, 0) is 37.0 Å². The Morgan fingerprint density at radius 3 is 2.27 bits per heavy atom. The third-order valence-electron chi connectivity index (χ3n) is 5.53. The number of hydrogen-bond donors (Lipinski definition) is 1. The first kappa shape index (κ1) is 22.5. The van der Waals surface area contributed by atoms with Crippen LogP contribution in [0.2, 0.25) is 0 Å². The van der Waals surface area contributed by atoms with E-state index in [0.717, 1.165) is 57.5 Å². The number of ether oxygens (including phenoxy) is 1. The van der Waals surface area contributed by atoms with Gasteiger partial charge in [0.1, 0.15) is 5.82 Å². The van der Waals surface area contributed by atoms with Gasteiger partial charge in [0.15, 0.2) is 0 Å². The largest absolute Gasteiger partial charge is 0.490 e. The Hall–Kier alpha value is -2.20. The van der Waals surface area contributed by atoms with E-state index >= 15 is 0 Å². The third kappa shape index (κ3) is 5.69. The molecule has 1 amide bonds. The summed E-state index contributed by atoms with van der Waals surface area (Å²) in [5, 5.41) is 7.12. The topological polar surface area (TPSA) is 70.1 Å². The highest BCUT2D eigenvalue weighted by molar-refractivity contribution is 5.80. The number of benzene rings is 1. The van der Waals surface area contributed by atoms with Gasteiger partial charge in [0.2, 0.25) is 5.91 Å². The quantitative estimate of drug-likeness (QED) is 0.744. The molecule has 3 heterocycles. The van der Waals surface area contributed by atoms with Crippen LogP contribution in [0.15, 0.2) is 24.3 Å². The molecule has 0 spiro atoms. The minimum atomic E-state index is -5.08. The number of amides is 1. The maximum Gasteiger partial charge on any atom is 0.490 e. The zero-order valence-electron chi connectivity index (χ0n) is 16.3. The minimum absolute atomic E-state index is 0.0160. The lowest BCUT2D eigenvalue weighted by atomic mass is 9.99. The van der Waals surface area contributed by atoms with Gasteiger partial charge in [0, 0.05) is 32.7 Å². The van der Waals surface area contributed by atoms with Crippen LogP contribution >= 0.6 is 0 Å². The van der Waals surface area contributed by atoms with E-state index in [1.807, 2.05) is 17.0 Å². The summed E-state index contributed by atoms with van der Waals surface area (Å²) < 4.78 is 50.8. The molecule has 3 saturated heterocycles. The molecular weight excluding hydrogens is 408 g/mol. The van der Waals surface area contributed by atoms with Crippen LogP contribution in [-0.4, -0.2) is 71.3 Å². The normalized spacial score (nSPS) is 26.3. The summed E-state index contributed by atoms with van der Waals surface area (Å²) in [4.78, 5) is 25.9. The summed E-state index contributed by atoms with van der Waals surface area (Å²) in [7, 11) is 0.